The standard InChI is InChI=1S/C10H12N2O2/c1-3-13-7-5-4-6-8-9(7)10(11-2)12-14-8/h4-6H,3H2,1-2H3,(H,11,12). The molecule has 0 spiro atoms. The fraction of sp³-hybridized carbons (Fsp3) is 0.300. The van der Waals surface area contributed by atoms with Crippen molar-refractivity contribution in [2.75, 3.05) is 19.0 Å². The average molecular weight is 192 g/mol. The van der Waals surface area contributed by atoms with Gasteiger partial charge in [-0.05, 0) is 19.1 Å². The number of nitrogens with one attached hydrogen (secondary N) is 1. The molecule has 0 bridgehead atoms. The molecule has 0 radical (unpaired) electrons. The molecule has 0 atom stereocenters. The third kappa shape index (κ3) is 1.28. The van der Waals surface area contributed by atoms with Gasteiger partial charge in [0.25, 0.3) is 0 Å². The van der Waals surface area contributed by atoms with Gasteiger partial charge in [-0.25, -0.2) is 0 Å². The van der Waals surface area contributed by atoms with Crippen LogP contribution < -0.4 is 10.1 Å². The molecule has 2 rings (SSSR count). The quantitative estimate of drug-likeness (QED) is 0.810. The highest BCUT2D eigenvalue weighted by Crippen LogP contribution is 2.31. The van der Waals surface area contributed by atoms with E-state index in [4.69, 9.17) is 9.26 Å². The first kappa shape index (κ1) is 8.87. The van der Waals surface area contributed by atoms with Gasteiger partial charge in [-0.1, -0.05) is 11.2 Å². The van der Waals surface area contributed by atoms with Gasteiger partial charge in [0.05, 0.1) is 6.61 Å². The number of nitrogens with zero attached hydrogens (tertiary/aromatic N) is 1. The molecule has 4 heteroatoms. The molecule has 0 aliphatic carbocycles. The number of benzene rings is 1. The molecule has 1 aromatic carbocycles. The molecular formula is C10H12N2O2. The van der Waals surface area contributed by atoms with Crippen LogP contribution in [-0.2, 0) is 0 Å². The van der Waals surface area contributed by atoms with E-state index in [1.807, 2.05) is 25.1 Å². The third-order valence-corrected chi connectivity index (χ3v) is 2.00. The van der Waals surface area contributed by atoms with Gasteiger partial charge in [-0.3, -0.25) is 0 Å². The lowest BCUT2D eigenvalue weighted by atomic mass is 10.2. The third-order valence-electron chi connectivity index (χ3n) is 2.00. The number of hydrogen-bond acceptors (Lipinski definition) is 4. The molecule has 74 valence electrons. The summed E-state index contributed by atoms with van der Waals surface area (Å²) in [5, 5.41) is 7.75. The highest BCUT2D eigenvalue weighted by Gasteiger charge is 2.11. The van der Waals surface area contributed by atoms with Crippen LogP contribution >= 0.6 is 0 Å². The molecule has 0 aliphatic heterocycles. The minimum Gasteiger partial charge on any atom is -0.493 e. The van der Waals surface area contributed by atoms with E-state index in [0.29, 0.717) is 12.4 Å². The van der Waals surface area contributed by atoms with Crippen LogP contribution in [0.3, 0.4) is 0 Å². The van der Waals surface area contributed by atoms with Crippen LogP contribution in [0, 0.1) is 0 Å². The Morgan fingerprint density at radius 3 is 3.07 bits per heavy atom. The van der Waals surface area contributed by atoms with Crippen LogP contribution in [0.4, 0.5) is 5.82 Å². The van der Waals surface area contributed by atoms with Gasteiger partial charge in [0.2, 0.25) is 0 Å². The Morgan fingerprint density at radius 1 is 1.50 bits per heavy atom. The van der Waals surface area contributed by atoms with Crippen LogP contribution in [-0.4, -0.2) is 18.8 Å². The molecule has 0 fully saturated rings. The smallest absolute Gasteiger partial charge is 0.180 e. The summed E-state index contributed by atoms with van der Waals surface area (Å²) in [5.41, 5.74) is 0.736. The zero-order valence-corrected chi connectivity index (χ0v) is 8.20. The summed E-state index contributed by atoms with van der Waals surface area (Å²) in [6, 6.07) is 5.66. The van der Waals surface area contributed by atoms with Gasteiger partial charge in [-0.2, -0.15) is 0 Å². The van der Waals surface area contributed by atoms with E-state index in [2.05, 4.69) is 10.5 Å². The summed E-state index contributed by atoms with van der Waals surface area (Å²) in [7, 11) is 1.81. The predicted octanol–water partition coefficient (Wildman–Crippen LogP) is 2.27. The first-order chi connectivity index (χ1) is 6.86. The number of anilines is 1. The Hall–Kier alpha value is -1.71. The van der Waals surface area contributed by atoms with E-state index in [-0.39, 0.29) is 0 Å². The summed E-state index contributed by atoms with van der Waals surface area (Å²) in [6.07, 6.45) is 0. The Bertz CT molecular complexity index is 437. The van der Waals surface area contributed by atoms with E-state index in [1.54, 1.807) is 7.05 Å². The van der Waals surface area contributed by atoms with Crippen LogP contribution in [0.5, 0.6) is 5.75 Å². The Morgan fingerprint density at radius 2 is 2.36 bits per heavy atom. The molecule has 0 aliphatic rings. The van der Waals surface area contributed by atoms with Crippen molar-refractivity contribution in [1.82, 2.24) is 5.16 Å². The minimum absolute atomic E-state index is 0.632. The summed E-state index contributed by atoms with van der Waals surface area (Å²) in [4.78, 5) is 0. The van der Waals surface area contributed by atoms with Gasteiger partial charge < -0.3 is 14.6 Å². The molecule has 1 aromatic heterocycles. The number of aromatic nitrogens is 1. The summed E-state index contributed by atoms with van der Waals surface area (Å²) < 4.78 is 10.6. The van der Waals surface area contributed by atoms with E-state index in [1.165, 1.54) is 0 Å². The van der Waals surface area contributed by atoms with Gasteiger partial charge in [0, 0.05) is 7.05 Å². The highest BCUT2D eigenvalue weighted by atomic mass is 16.5. The lowest BCUT2D eigenvalue weighted by molar-refractivity contribution is 0.344. The molecule has 1 N–H and O–H groups in total. The first-order valence-corrected chi connectivity index (χ1v) is 4.55. The highest BCUT2D eigenvalue weighted by molar-refractivity contribution is 5.93. The lowest BCUT2D eigenvalue weighted by Crippen LogP contribution is -1.94. The fourth-order valence-electron chi connectivity index (χ4n) is 1.41. The molecule has 0 saturated heterocycles. The summed E-state index contributed by atoms with van der Waals surface area (Å²) in [5.74, 6) is 1.51. The predicted molar refractivity (Wildman–Crippen MR) is 54.7 cm³/mol. The number of hydrogen-bond donors (Lipinski definition) is 1. The molecule has 0 amide bonds. The SMILES string of the molecule is CCOc1cccc2onc(NC)c12. The molecule has 2 aromatic rings. The minimum atomic E-state index is 0.632. The maximum Gasteiger partial charge on any atom is 0.180 e. The van der Waals surface area contributed by atoms with Crippen LogP contribution in [0.15, 0.2) is 22.7 Å². The van der Waals surface area contributed by atoms with Crippen molar-refractivity contribution >= 4 is 16.8 Å². The molecule has 1 heterocycles. The largest absolute Gasteiger partial charge is 0.493 e. The molecule has 4 nitrogen and oxygen atoms in total. The second kappa shape index (κ2) is 3.57. The lowest BCUT2D eigenvalue weighted by Gasteiger charge is -2.03. The Kier molecular flexibility index (Phi) is 2.26. The zero-order chi connectivity index (χ0) is 9.97. The fourth-order valence-corrected chi connectivity index (χ4v) is 1.41. The topological polar surface area (TPSA) is 47.3 Å². The van der Waals surface area contributed by atoms with E-state index < -0.39 is 0 Å². The van der Waals surface area contributed by atoms with Crippen molar-refractivity contribution in [3.8, 4) is 5.75 Å². The zero-order valence-electron chi connectivity index (χ0n) is 8.20. The van der Waals surface area contributed by atoms with Crippen LogP contribution in [0.25, 0.3) is 11.0 Å². The Balaban J connectivity index is 2.62. The first-order valence-electron chi connectivity index (χ1n) is 4.55. The normalized spacial score (nSPS) is 10.4. The van der Waals surface area contributed by atoms with Gasteiger partial charge >= 0.3 is 0 Å². The summed E-state index contributed by atoms with van der Waals surface area (Å²) in [6.45, 7) is 2.58. The van der Waals surface area contributed by atoms with Gasteiger partial charge in [0.15, 0.2) is 11.4 Å². The molecule has 0 saturated carbocycles. The second-order valence-electron chi connectivity index (χ2n) is 2.84. The maximum absolute atomic E-state index is 5.48. The summed E-state index contributed by atoms with van der Waals surface area (Å²) >= 11 is 0. The van der Waals surface area contributed by atoms with E-state index in [9.17, 15) is 0 Å². The van der Waals surface area contributed by atoms with Crippen molar-refractivity contribution < 1.29 is 9.26 Å². The number of rotatable bonds is 3. The van der Waals surface area contributed by atoms with Crippen LogP contribution in [0.2, 0.25) is 0 Å². The van der Waals surface area contributed by atoms with Crippen molar-refractivity contribution in [1.29, 1.82) is 0 Å². The van der Waals surface area contributed by atoms with Gasteiger partial charge in [0.1, 0.15) is 11.1 Å². The number of ether oxygens (including phenoxy) is 1. The van der Waals surface area contributed by atoms with Crippen molar-refractivity contribution in [2.45, 2.75) is 6.92 Å². The number of fused-ring (bicyclic) bond motifs is 1. The van der Waals surface area contributed by atoms with Crippen molar-refractivity contribution in [3.05, 3.63) is 18.2 Å². The molecular weight excluding hydrogens is 180 g/mol. The monoisotopic (exact) mass is 192 g/mol. The maximum atomic E-state index is 5.48. The Labute approximate surface area is 81.8 Å². The van der Waals surface area contributed by atoms with Gasteiger partial charge in [-0.15, -0.1) is 0 Å². The van der Waals surface area contributed by atoms with E-state index >= 15 is 0 Å². The van der Waals surface area contributed by atoms with E-state index in [0.717, 1.165) is 16.7 Å². The van der Waals surface area contributed by atoms with Crippen molar-refractivity contribution in [2.24, 2.45) is 0 Å². The molecule has 0 unspecified atom stereocenters. The second-order valence-corrected chi connectivity index (χ2v) is 2.84. The average Bonchev–Trinajstić information content (AvgIpc) is 2.62. The van der Waals surface area contributed by atoms with Crippen LogP contribution in [0.1, 0.15) is 6.92 Å². The van der Waals surface area contributed by atoms with Crippen molar-refractivity contribution in [3.63, 3.8) is 0 Å². The molecule has 14 heavy (non-hydrogen) atoms.